The summed E-state index contributed by atoms with van der Waals surface area (Å²) in [6, 6.07) is 1.78. The fourth-order valence-corrected chi connectivity index (χ4v) is 2.65. The van der Waals surface area contributed by atoms with Crippen LogP contribution in [0.25, 0.3) is 0 Å². The summed E-state index contributed by atoms with van der Waals surface area (Å²) in [5.41, 5.74) is 7.32. The zero-order valence-corrected chi connectivity index (χ0v) is 12.6. The van der Waals surface area contributed by atoms with Crippen LogP contribution in [0.2, 0.25) is 0 Å². The third-order valence-corrected chi connectivity index (χ3v) is 4.27. The fourth-order valence-electron chi connectivity index (χ4n) is 2.65. The highest BCUT2D eigenvalue weighted by molar-refractivity contribution is 5.44. The van der Waals surface area contributed by atoms with Crippen molar-refractivity contribution in [3.05, 3.63) is 24.0 Å². The quantitative estimate of drug-likeness (QED) is 0.792. The maximum absolute atomic E-state index is 10.7. The van der Waals surface area contributed by atoms with Gasteiger partial charge >= 0.3 is 0 Å². The molecule has 19 heavy (non-hydrogen) atoms. The summed E-state index contributed by atoms with van der Waals surface area (Å²) in [5, 5.41) is 10.7. The highest BCUT2D eigenvalue weighted by Gasteiger charge is 2.36. The van der Waals surface area contributed by atoms with Gasteiger partial charge in [-0.1, -0.05) is 20.8 Å². The number of anilines is 1. The van der Waals surface area contributed by atoms with Crippen LogP contribution >= 0.6 is 0 Å². The zero-order valence-electron chi connectivity index (χ0n) is 12.6. The molecule has 108 valence electrons. The first-order valence-electron chi connectivity index (χ1n) is 7.11. The lowest BCUT2D eigenvalue weighted by Gasteiger charge is -2.43. The van der Waals surface area contributed by atoms with Crippen LogP contribution in [-0.4, -0.2) is 39.7 Å². The van der Waals surface area contributed by atoms with Crippen molar-refractivity contribution in [1.29, 1.82) is 0 Å². The van der Waals surface area contributed by atoms with Gasteiger partial charge < -0.3 is 10.8 Å². The van der Waals surface area contributed by atoms with E-state index in [4.69, 9.17) is 5.73 Å². The number of rotatable bonds is 7. The number of nitrogens with zero attached hydrogens (tertiary/aromatic N) is 2. The molecule has 0 saturated heterocycles. The van der Waals surface area contributed by atoms with Crippen molar-refractivity contribution in [3.63, 3.8) is 0 Å². The Hall–Kier alpha value is -1.13. The molecule has 0 fully saturated rings. The molecule has 3 N–H and O–H groups in total. The molecule has 0 amide bonds. The summed E-state index contributed by atoms with van der Waals surface area (Å²) in [6.45, 7) is 10.4. The van der Waals surface area contributed by atoms with Crippen LogP contribution in [0.5, 0.6) is 0 Å². The minimum atomic E-state index is -0.455. The number of nitrogen functional groups attached to an aromatic ring is 1. The summed E-state index contributed by atoms with van der Waals surface area (Å²) in [6.07, 6.45) is 4.41. The highest BCUT2D eigenvalue weighted by atomic mass is 16.3. The third kappa shape index (κ3) is 3.45. The minimum absolute atomic E-state index is 0.230. The van der Waals surface area contributed by atoms with Gasteiger partial charge in [-0.3, -0.25) is 9.88 Å². The Morgan fingerprint density at radius 2 is 2.00 bits per heavy atom. The van der Waals surface area contributed by atoms with Gasteiger partial charge in [0.15, 0.2) is 0 Å². The zero-order chi connectivity index (χ0) is 14.5. The Labute approximate surface area is 116 Å². The molecule has 0 aromatic carbocycles. The van der Waals surface area contributed by atoms with Gasteiger partial charge in [-0.25, -0.2) is 0 Å². The molecule has 0 aliphatic heterocycles. The fraction of sp³-hybridized carbons (Fsp3) is 0.667. The van der Waals surface area contributed by atoms with Gasteiger partial charge in [-0.2, -0.15) is 0 Å². The Kier molecular flexibility index (Phi) is 5.76. The number of likely N-dealkylation sites (N-methyl/N-ethyl adjacent to an activating group) is 1. The molecule has 1 aromatic heterocycles. The predicted molar refractivity (Wildman–Crippen MR) is 80.0 cm³/mol. The van der Waals surface area contributed by atoms with Gasteiger partial charge in [0, 0.05) is 30.0 Å². The smallest absolute Gasteiger partial charge is 0.0762 e. The monoisotopic (exact) mass is 265 g/mol. The van der Waals surface area contributed by atoms with E-state index in [1.807, 2.05) is 0 Å². The van der Waals surface area contributed by atoms with Gasteiger partial charge in [-0.05, 0) is 38.1 Å². The van der Waals surface area contributed by atoms with E-state index in [1.165, 1.54) is 0 Å². The van der Waals surface area contributed by atoms with Crippen LogP contribution in [0.15, 0.2) is 18.5 Å². The van der Waals surface area contributed by atoms with Gasteiger partial charge in [0.05, 0.1) is 6.10 Å². The number of aliphatic hydroxyl groups excluding tert-OH is 1. The Balaban J connectivity index is 2.90. The highest BCUT2D eigenvalue weighted by Crippen LogP contribution is 2.27. The Bertz CT molecular complexity index is 393. The van der Waals surface area contributed by atoms with Crippen LogP contribution in [0.3, 0.4) is 0 Å². The molecule has 1 rings (SSSR count). The Morgan fingerprint density at radius 3 is 2.47 bits per heavy atom. The van der Waals surface area contributed by atoms with Crippen LogP contribution in [0.1, 0.15) is 39.7 Å². The third-order valence-electron chi connectivity index (χ3n) is 4.27. The molecule has 2 unspecified atom stereocenters. The lowest BCUT2D eigenvalue weighted by Crippen LogP contribution is -2.54. The van der Waals surface area contributed by atoms with Crippen molar-refractivity contribution in [3.8, 4) is 0 Å². The molecule has 0 aliphatic carbocycles. The topological polar surface area (TPSA) is 62.4 Å². The van der Waals surface area contributed by atoms with Crippen molar-refractivity contribution in [2.45, 2.75) is 52.2 Å². The summed E-state index contributed by atoms with van der Waals surface area (Å²) in [4.78, 5) is 6.40. The first-order valence-corrected chi connectivity index (χ1v) is 7.11. The van der Waals surface area contributed by atoms with Gasteiger partial charge in [0.25, 0.3) is 0 Å². The van der Waals surface area contributed by atoms with Crippen LogP contribution < -0.4 is 5.73 Å². The number of pyridine rings is 1. The summed E-state index contributed by atoms with van der Waals surface area (Å²) in [7, 11) is 0. The second-order valence-corrected chi connectivity index (χ2v) is 5.18. The van der Waals surface area contributed by atoms with Crippen molar-refractivity contribution in [1.82, 2.24) is 9.88 Å². The van der Waals surface area contributed by atoms with Crippen LogP contribution in [-0.2, 0) is 6.42 Å². The summed E-state index contributed by atoms with van der Waals surface area (Å²) >= 11 is 0. The van der Waals surface area contributed by atoms with E-state index in [1.54, 1.807) is 18.5 Å². The summed E-state index contributed by atoms with van der Waals surface area (Å²) in [5.74, 6) is 0. The average Bonchev–Trinajstić information content (AvgIpc) is 2.42. The number of aromatic nitrogens is 1. The summed E-state index contributed by atoms with van der Waals surface area (Å²) < 4.78 is 0. The van der Waals surface area contributed by atoms with E-state index in [2.05, 4.69) is 37.6 Å². The molecular weight excluding hydrogens is 238 g/mol. The molecule has 1 heterocycles. The maximum atomic E-state index is 10.7. The van der Waals surface area contributed by atoms with E-state index in [0.717, 1.165) is 25.1 Å². The van der Waals surface area contributed by atoms with Crippen LogP contribution in [0.4, 0.5) is 5.69 Å². The molecule has 0 radical (unpaired) electrons. The predicted octanol–water partition coefficient (Wildman–Crippen LogP) is 2.08. The molecule has 0 spiro atoms. The van der Waals surface area contributed by atoms with E-state index in [9.17, 15) is 5.11 Å². The molecule has 0 aliphatic rings. The molecule has 2 atom stereocenters. The normalized spacial score (nSPS) is 16.3. The number of hydrogen-bond acceptors (Lipinski definition) is 4. The van der Waals surface area contributed by atoms with Crippen LogP contribution in [0, 0.1) is 0 Å². The maximum Gasteiger partial charge on any atom is 0.0762 e. The average molecular weight is 265 g/mol. The van der Waals surface area contributed by atoms with E-state index >= 15 is 0 Å². The second kappa shape index (κ2) is 6.87. The van der Waals surface area contributed by atoms with Crippen molar-refractivity contribution < 1.29 is 5.11 Å². The number of aliphatic hydroxyl groups is 1. The first-order chi connectivity index (χ1) is 8.99. The van der Waals surface area contributed by atoms with Gasteiger partial charge in [0.1, 0.15) is 0 Å². The van der Waals surface area contributed by atoms with Crippen molar-refractivity contribution in [2.75, 3.05) is 18.8 Å². The van der Waals surface area contributed by atoms with E-state index in [0.29, 0.717) is 12.1 Å². The standard InChI is InChI=1S/C15H27N3O/c1-5-15(4,18(6-2)7-3)14(19)10-12-11-17-9-8-13(12)16/h8-9,11,14,19H,5-7,10H2,1-4H3,(H2,16,17). The largest absolute Gasteiger partial charge is 0.398 e. The van der Waals surface area contributed by atoms with Gasteiger partial charge in [-0.15, -0.1) is 0 Å². The van der Waals surface area contributed by atoms with Crippen molar-refractivity contribution >= 4 is 5.69 Å². The Morgan fingerprint density at radius 1 is 1.37 bits per heavy atom. The lowest BCUT2D eigenvalue weighted by atomic mass is 9.85. The minimum Gasteiger partial charge on any atom is -0.398 e. The van der Waals surface area contributed by atoms with E-state index in [-0.39, 0.29) is 5.54 Å². The lowest BCUT2D eigenvalue weighted by molar-refractivity contribution is -0.0189. The SMILES string of the molecule is CCN(CC)C(C)(CC)C(O)Cc1cnccc1N. The molecule has 1 aromatic rings. The molecular formula is C15H27N3O. The van der Waals surface area contributed by atoms with Crippen molar-refractivity contribution in [2.24, 2.45) is 0 Å². The second-order valence-electron chi connectivity index (χ2n) is 5.18. The van der Waals surface area contributed by atoms with E-state index < -0.39 is 6.10 Å². The van der Waals surface area contributed by atoms with Gasteiger partial charge in [0.2, 0.25) is 0 Å². The molecule has 0 saturated carbocycles. The molecule has 4 nitrogen and oxygen atoms in total. The molecule has 4 heteroatoms. The molecule has 0 bridgehead atoms. The number of hydrogen-bond donors (Lipinski definition) is 2. The number of nitrogens with two attached hydrogens (primary N) is 1. The first kappa shape index (κ1) is 15.9.